The number of carbonyl (C=O) groups is 1. The zero-order valence-corrected chi connectivity index (χ0v) is 14.2. The van der Waals surface area contributed by atoms with Crippen LogP contribution >= 0.6 is 0 Å². The topological polar surface area (TPSA) is 60.0 Å². The Morgan fingerprint density at radius 2 is 1.73 bits per heavy atom. The van der Waals surface area contributed by atoms with Crippen LogP contribution < -0.4 is 19.5 Å². The van der Waals surface area contributed by atoms with Crippen molar-refractivity contribution in [2.24, 2.45) is 0 Å². The number of likely N-dealkylation sites (N-methyl/N-ethyl adjacent to an activating group) is 1. The zero-order valence-electron chi connectivity index (χ0n) is 14.2. The van der Waals surface area contributed by atoms with E-state index in [9.17, 15) is 4.79 Å². The molecule has 1 N–H and O–H groups in total. The molecule has 6 heteroatoms. The summed E-state index contributed by atoms with van der Waals surface area (Å²) in [5.74, 6) is 1.43. The standard InChI is InChI=1S/C16H26N2O4/c1-7-11(2)18(3)10-15(19)17-12-8-13(20-4)16(22-6)14(9-12)21-5/h8-9,11H,7,10H2,1-6H3,(H,17,19). The van der Waals surface area contributed by atoms with Gasteiger partial charge in [0, 0.05) is 23.9 Å². The molecule has 0 aliphatic carbocycles. The molecule has 0 fully saturated rings. The molecule has 1 atom stereocenters. The van der Waals surface area contributed by atoms with Gasteiger partial charge in [0.25, 0.3) is 0 Å². The summed E-state index contributed by atoms with van der Waals surface area (Å²) in [6, 6.07) is 3.77. The Morgan fingerprint density at radius 1 is 1.18 bits per heavy atom. The van der Waals surface area contributed by atoms with Crippen LogP contribution in [-0.2, 0) is 4.79 Å². The molecule has 6 nitrogen and oxygen atoms in total. The van der Waals surface area contributed by atoms with Crippen molar-refractivity contribution in [2.45, 2.75) is 26.3 Å². The maximum atomic E-state index is 12.1. The molecule has 0 radical (unpaired) electrons. The number of rotatable bonds is 8. The highest BCUT2D eigenvalue weighted by molar-refractivity contribution is 5.93. The van der Waals surface area contributed by atoms with E-state index in [2.05, 4.69) is 19.2 Å². The zero-order chi connectivity index (χ0) is 16.7. The van der Waals surface area contributed by atoms with Crippen molar-refractivity contribution in [3.63, 3.8) is 0 Å². The van der Waals surface area contributed by atoms with Gasteiger partial charge >= 0.3 is 0 Å². The second-order valence-electron chi connectivity index (χ2n) is 5.13. The highest BCUT2D eigenvalue weighted by atomic mass is 16.5. The highest BCUT2D eigenvalue weighted by Gasteiger charge is 2.16. The molecule has 1 unspecified atom stereocenters. The summed E-state index contributed by atoms with van der Waals surface area (Å²) < 4.78 is 15.8. The number of amides is 1. The molecule has 0 aromatic heterocycles. The normalized spacial score (nSPS) is 12.0. The summed E-state index contributed by atoms with van der Waals surface area (Å²) in [6.07, 6.45) is 0.994. The maximum absolute atomic E-state index is 12.1. The Hall–Kier alpha value is -1.95. The van der Waals surface area contributed by atoms with E-state index in [1.165, 1.54) is 0 Å². The average molecular weight is 310 g/mol. The minimum absolute atomic E-state index is 0.0860. The lowest BCUT2D eigenvalue weighted by Crippen LogP contribution is -2.36. The van der Waals surface area contributed by atoms with Gasteiger partial charge in [-0.25, -0.2) is 0 Å². The first-order valence-corrected chi connectivity index (χ1v) is 7.26. The van der Waals surface area contributed by atoms with Crippen LogP contribution in [0.15, 0.2) is 12.1 Å². The molecular formula is C16H26N2O4. The molecule has 0 heterocycles. The fourth-order valence-electron chi connectivity index (χ4n) is 2.05. The molecule has 0 bridgehead atoms. The Labute approximate surface area is 132 Å². The summed E-state index contributed by atoms with van der Waals surface area (Å²) in [6.45, 7) is 4.51. The van der Waals surface area contributed by atoms with Crippen molar-refractivity contribution in [3.05, 3.63) is 12.1 Å². The minimum atomic E-state index is -0.0860. The molecule has 0 saturated heterocycles. The molecule has 1 rings (SSSR count). The predicted molar refractivity (Wildman–Crippen MR) is 87.1 cm³/mol. The van der Waals surface area contributed by atoms with Crippen molar-refractivity contribution >= 4 is 11.6 Å². The van der Waals surface area contributed by atoms with E-state index in [1.54, 1.807) is 33.5 Å². The molecule has 0 spiro atoms. The highest BCUT2D eigenvalue weighted by Crippen LogP contribution is 2.39. The number of methoxy groups -OCH3 is 3. The third-order valence-corrected chi connectivity index (χ3v) is 3.68. The van der Waals surface area contributed by atoms with Crippen molar-refractivity contribution in [1.29, 1.82) is 0 Å². The summed E-state index contributed by atoms with van der Waals surface area (Å²) in [5.41, 5.74) is 0.608. The minimum Gasteiger partial charge on any atom is -0.493 e. The van der Waals surface area contributed by atoms with Gasteiger partial charge < -0.3 is 19.5 Å². The van der Waals surface area contributed by atoms with Crippen molar-refractivity contribution in [2.75, 3.05) is 40.2 Å². The van der Waals surface area contributed by atoms with Gasteiger partial charge in [0.1, 0.15) is 0 Å². The van der Waals surface area contributed by atoms with Gasteiger partial charge in [-0.1, -0.05) is 6.92 Å². The quantitative estimate of drug-likeness (QED) is 0.799. The first-order valence-electron chi connectivity index (χ1n) is 7.26. The van der Waals surface area contributed by atoms with Gasteiger partial charge in [0.15, 0.2) is 11.5 Å². The number of ether oxygens (including phenoxy) is 3. The van der Waals surface area contributed by atoms with Crippen LogP contribution in [-0.4, -0.2) is 51.8 Å². The van der Waals surface area contributed by atoms with E-state index < -0.39 is 0 Å². The Bertz CT molecular complexity index is 480. The number of benzene rings is 1. The largest absolute Gasteiger partial charge is 0.493 e. The third kappa shape index (κ3) is 4.53. The first kappa shape index (κ1) is 18.1. The fourth-order valence-corrected chi connectivity index (χ4v) is 2.05. The number of hydrogen-bond donors (Lipinski definition) is 1. The fraction of sp³-hybridized carbons (Fsp3) is 0.562. The van der Waals surface area contributed by atoms with E-state index in [-0.39, 0.29) is 5.91 Å². The van der Waals surface area contributed by atoms with Crippen LogP contribution in [0.5, 0.6) is 17.2 Å². The third-order valence-electron chi connectivity index (χ3n) is 3.68. The van der Waals surface area contributed by atoms with E-state index in [0.29, 0.717) is 35.5 Å². The molecule has 1 aromatic carbocycles. The second-order valence-corrected chi connectivity index (χ2v) is 5.13. The van der Waals surface area contributed by atoms with Crippen LogP contribution in [0.2, 0.25) is 0 Å². The lowest BCUT2D eigenvalue weighted by atomic mass is 10.2. The van der Waals surface area contributed by atoms with E-state index in [4.69, 9.17) is 14.2 Å². The van der Waals surface area contributed by atoms with Crippen molar-refractivity contribution in [3.8, 4) is 17.2 Å². The summed E-state index contributed by atoms with van der Waals surface area (Å²) >= 11 is 0. The summed E-state index contributed by atoms with van der Waals surface area (Å²) in [7, 11) is 6.56. The number of nitrogens with zero attached hydrogens (tertiary/aromatic N) is 1. The number of anilines is 1. The van der Waals surface area contributed by atoms with Gasteiger partial charge in [-0.2, -0.15) is 0 Å². The molecule has 0 aliphatic rings. The van der Waals surface area contributed by atoms with E-state index in [1.807, 2.05) is 11.9 Å². The van der Waals surface area contributed by atoms with Gasteiger partial charge in [0.05, 0.1) is 27.9 Å². The summed E-state index contributed by atoms with van der Waals surface area (Å²) in [4.78, 5) is 14.1. The molecule has 0 aliphatic heterocycles. The van der Waals surface area contributed by atoms with Gasteiger partial charge in [-0.05, 0) is 20.4 Å². The van der Waals surface area contributed by atoms with Gasteiger partial charge in [0.2, 0.25) is 11.7 Å². The summed E-state index contributed by atoms with van der Waals surface area (Å²) in [5, 5.41) is 2.86. The average Bonchev–Trinajstić information content (AvgIpc) is 2.52. The number of nitrogens with one attached hydrogen (secondary N) is 1. The SMILES string of the molecule is CCC(C)N(C)CC(=O)Nc1cc(OC)c(OC)c(OC)c1. The Balaban J connectivity index is 2.87. The van der Waals surface area contributed by atoms with E-state index in [0.717, 1.165) is 6.42 Å². The molecule has 22 heavy (non-hydrogen) atoms. The molecule has 0 saturated carbocycles. The predicted octanol–water partition coefficient (Wildman–Crippen LogP) is 2.38. The molecule has 1 amide bonds. The van der Waals surface area contributed by atoms with Crippen LogP contribution in [0.4, 0.5) is 5.69 Å². The van der Waals surface area contributed by atoms with Crippen molar-refractivity contribution < 1.29 is 19.0 Å². The molecular weight excluding hydrogens is 284 g/mol. The van der Waals surface area contributed by atoms with Crippen LogP contribution in [0.3, 0.4) is 0 Å². The molecule has 124 valence electrons. The first-order chi connectivity index (χ1) is 10.5. The second kappa shape index (κ2) is 8.48. The Kier molecular flexibility index (Phi) is 6.98. The Morgan fingerprint density at radius 3 is 2.14 bits per heavy atom. The van der Waals surface area contributed by atoms with Crippen LogP contribution in [0.1, 0.15) is 20.3 Å². The molecule has 1 aromatic rings. The smallest absolute Gasteiger partial charge is 0.238 e. The number of carbonyl (C=O) groups excluding carboxylic acids is 1. The number of hydrogen-bond acceptors (Lipinski definition) is 5. The lowest BCUT2D eigenvalue weighted by Gasteiger charge is -2.23. The van der Waals surface area contributed by atoms with Crippen LogP contribution in [0.25, 0.3) is 0 Å². The van der Waals surface area contributed by atoms with Gasteiger partial charge in [-0.15, -0.1) is 0 Å². The van der Waals surface area contributed by atoms with Crippen molar-refractivity contribution in [1.82, 2.24) is 4.90 Å². The van der Waals surface area contributed by atoms with E-state index >= 15 is 0 Å². The maximum Gasteiger partial charge on any atom is 0.238 e. The lowest BCUT2D eigenvalue weighted by molar-refractivity contribution is -0.117. The van der Waals surface area contributed by atoms with Gasteiger partial charge in [-0.3, -0.25) is 9.69 Å². The monoisotopic (exact) mass is 310 g/mol. The van der Waals surface area contributed by atoms with Crippen LogP contribution in [0, 0.1) is 0 Å².